The zero-order valence-electron chi connectivity index (χ0n) is 67.9. The zero-order chi connectivity index (χ0) is 74.1. The predicted molar refractivity (Wildman–Crippen MR) is 457 cm³/mol. The molecule has 1 saturated carbocycles. The summed E-state index contributed by atoms with van der Waals surface area (Å²) in [7, 11) is 0. The molecule has 0 aliphatic heterocycles. The van der Waals surface area contributed by atoms with E-state index in [1.165, 1.54) is 211 Å². The molecule has 1 fully saturated rings. The van der Waals surface area contributed by atoms with Crippen LogP contribution in [0.25, 0.3) is 100 Å². The number of aryl methyl sites for hydroxylation is 1. The van der Waals surface area contributed by atoms with E-state index in [0.29, 0.717) is 41.4 Å². The highest BCUT2D eigenvalue weighted by molar-refractivity contribution is 5.93. The van der Waals surface area contributed by atoms with Gasteiger partial charge in [-0.15, -0.1) is 0 Å². The number of rotatable bonds is 23. The van der Waals surface area contributed by atoms with Crippen LogP contribution in [0.3, 0.4) is 0 Å². The summed E-state index contributed by atoms with van der Waals surface area (Å²) < 4.78 is 0. The number of hydrogen-bond donors (Lipinski definition) is 0. The van der Waals surface area contributed by atoms with Gasteiger partial charge in [0, 0.05) is 27.1 Å². The minimum absolute atomic E-state index is 0.0164. The molecule has 106 heavy (non-hydrogen) atoms. The van der Waals surface area contributed by atoms with Crippen molar-refractivity contribution >= 4 is 0 Å². The Balaban J connectivity index is 0.743. The standard InChI is InChI=1S/C106H122/c1-65(2)43-49-104(50-44-66(3)4)96-59-73(72-21-19-18-20-22-72)24-37-86(96)87-38-28-78(60-97(87)104)75-26-35-84-85-36-27-76(58-95(85)103(16,17)94(84)57-75)79-30-40-89-91-42-32-81(64-101(91)106(99(89)62-79,53-47-69(9)10)54-48-70(11)12)80-31-41-90-88-39-29-77(61-98(88)105(100(90)63-80,51-45-67(5)6)52-46-68(7)8)74-25-34-83-82-33-23-71(13)55-92(82)102(14,15)93(83)56-74/h23-42,55-70,72H,18-22,43-54H2,1-17H3. The zero-order valence-corrected chi connectivity index (χ0v) is 67.9. The second kappa shape index (κ2) is 27.7. The van der Waals surface area contributed by atoms with Crippen LogP contribution < -0.4 is 0 Å². The van der Waals surface area contributed by atoms with Crippen molar-refractivity contribution in [2.75, 3.05) is 0 Å². The summed E-state index contributed by atoms with van der Waals surface area (Å²) >= 11 is 0. The van der Waals surface area contributed by atoms with E-state index in [0.717, 1.165) is 25.7 Å². The van der Waals surface area contributed by atoms with Crippen LogP contribution in [-0.4, -0.2) is 0 Å². The van der Waals surface area contributed by atoms with Gasteiger partial charge in [0.2, 0.25) is 0 Å². The maximum Gasteiger partial charge on any atom is 0.0215 e. The Hall–Kier alpha value is -7.80. The first-order chi connectivity index (χ1) is 50.8. The van der Waals surface area contributed by atoms with Crippen molar-refractivity contribution in [2.45, 2.75) is 260 Å². The third-order valence-electron chi connectivity index (χ3n) is 27.9. The number of hydrogen-bond acceptors (Lipinski definition) is 0. The molecule has 0 amide bonds. The van der Waals surface area contributed by atoms with Crippen LogP contribution in [0.2, 0.25) is 0 Å². The highest BCUT2D eigenvalue weighted by Gasteiger charge is 2.48. The molecule has 0 N–H and O–H groups in total. The minimum Gasteiger partial charge on any atom is -0.0628 e. The van der Waals surface area contributed by atoms with Crippen LogP contribution in [0.1, 0.15) is 293 Å². The van der Waals surface area contributed by atoms with Gasteiger partial charge in [0.05, 0.1) is 0 Å². The fourth-order valence-electron chi connectivity index (χ4n) is 21.4. The van der Waals surface area contributed by atoms with Gasteiger partial charge in [-0.05, 0) is 348 Å². The van der Waals surface area contributed by atoms with Gasteiger partial charge in [-0.1, -0.05) is 269 Å². The van der Waals surface area contributed by atoms with Crippen molar-refractivity contribution in [1.29, 1.82) is 0 Å². The van der Waals surface area contributed by atoms with Crippen molar-refractivity contribution in [1.82, 2.24) is 0 Å². The molecular formula is C106H122. The molecule has 0 saturated heterocycles. The molecule has 10 aromatic carbocycles. The molecule has 0 unspecified atom stereocenters. The monoisotopic (exact) mass is 1390 g/mol. The van der Waals surface area contributed by atoms with E-state index >= 15 is 0 Å². The molecule has 0 nitrogen and oxygen atoms in total. The predicted octanol–water partition coefficient (Wildman–Crippen LogP) is 30.7. The maximum atomic E-state index is 2.73. The molecule has 546 valence electrons. The van der Waals surface area contributed by atoms with E-state index in [-0.39, 0.29) is 27.1 Å². The first-order valence-corrected chi connectivity index (χ1v) is 42.2. The Labute approximate surface area is 640 Å². The molecule has 6 aliphatic rings. The van der Waals surface area contributed by atoms with Crippen molar-refractivity contribution in [3.63, 3.8) is 0 Å². The Morgan fingerprint density at radius 2 is 0.453 bits per heavy atom. The summed E-state index contributed by atoms with van der Waals surface area (Å²) in [6.07, 6.45) is 21.0. The lowest BCUT2D eigenvalue weighted by Gasteiger charge is -2.35. The molecule has 0 radical (unpaired) electrons. The van der Waals surface area contributed by atoms with E-state index in [1.54, 1.807) is 38.9 Å². The summed E-state index contributed by atoms with van der Waals surface area (Å²) in [6, 6.07) is 75.7. The van der Waals surface area contributed by atoms with Gasteiger partial charge in [-0.3, -0.25) is 0 Å². The molecule has 0 spiro atoms. The summed E-state index contributed by atoms with van der Waals surface area (Å²) in [4.78, 5) is 0. The second-order valence-electron chi connectivity index (χ2n) is 38.4. The van der Waals surface area contributed by atoms with E-state index in [1.807, 2.05) is 0 Å². The second-order valence-corrected chi connectivity index (χ2v) is 38.4. The Bertz CT molecular complexity index is 4990. The summed E-state index contributed by atoms with van der Waals surface area (Å²) in [6.45, 7) is 41.4. The smallest absolute Gasteiger partial charge is 0.0215 e. The topological polar surface area (TPSA) is 0 Å². The minimum atomic E-state index is -0.182. The Morgan fingerprint density at radius 1 is 0.245 bits per heavy atom. The largest absolute Gasteiger partial charge is 0.0628 e. The lowest BCUT2D eigenvalue weighted by atomic mass is 9.68. The number of benzene rings is 10. The highest BCUT2D eigenvalue weighted by atomic mass is 14.5. The first kappa shape index (κ1) is 72.4. The number of fused-ring (bicyclic) bond motifs is 15. The maximum absolute atomic E-state index is 2.73. The summed E-state index contributed by atoms with van der Waals surface area (Å²) in [5.74, 6) is 4.38. The molecule has 16 rings (SSSR count). The van der Waals surface area contributed by atoms with Crippen molar-refractivity contribution in [3.8, 4) is 100 Å². The SMILES string of the molecule is Cc1ccc2c(c1)C(C)(C)c1cc(-c3ccc4c(c3)C(CCC(C)C)(CCC(C)C)c3cc(-c5ccc6c(c5)C(CCC(C)C)(CCC(C)C)c5cc(-c7ccc8c(c7)C(C)(C)c7cc(-c9ccc%10c(c9)C(CCC(C)C)(CCC(C)C)c9cc(C%11CCCCC%11)ccc9-%10)ccc7-8)ccc5-6)ccc3-4)ccc1-2. The van der Waals surface area contributed by atoms with Gasteiger partial charge in [0.15, 0.2) is 0 Å². The van der Waals surface area contributed by atoms with Crippen molar-refractivity contribution < 1.29 is 0 Å². The quantitative estimate of drug-likeness (QED) is 0.0599. The average Bonchev–Trinajstić information content (AvgIpc) is 1.56. The molecule has 0 atom stereocenters. The molecule has 0 aromatic heterocycles. The van der Waals surface area contributed by atoms with Gasteiger partial charge in [-0.25, -0.2) is 0 Å². The van der Waals surface area contributed by atoms with E-state index < -0.39 is 0 Å². The Morgan fingerprint density at radius 3 is 0.708 bits per heavy atom. The average molecular weight is 1400 g/mol. The molecule has 0 heterocycles. The molecule has 0 heteroatoms. The fourth-order valence-corrected chi connectivity index (χ4v) is 21.4. The normalized spacial score (nSPS) is 16.9. The van der Waals surface area contributed by atoms with Gasteiger partial charge >= 0.3 is 0 Å². The third-order valence-corrected chi connectivity index (χ3v) is 27.9. The lowest BCUT2D eigenvalue weighted by Crippen LogP contribution is -2.27. The van der Waals surface area contributed by atoms with Gasteiger partial charge in [0.1, 0.15) is 0 Å². The van der Waals surface area contributed by atoms with Crippen LogP contribution in [0.15, 0.2) is 182 Å². The van der Waals surface area contributed by atoms with Crippen LogP contribution in [0.4, 0.5) is 0 Å². The molecular weight excluding hydrogens is 1270 g/mol. The van der Waals surface area contributed by atoms with Crippen LogP contribution >= 0.6 is 0 Å². The van der Waals surface area contributed by atoms with Crippen molar-refractivity contribution in [2.24, 2.45) is 35.5 Å². The molecule has 0 bridgehead atoms. The fraction of sp³-hybridized carbons (Fsp3) is 0.434. The Kier molecular flexibility index (Phi) is 18.9. The summed E-state index contributed by atoms with van der Waals surface area (Å²) in [5, 5.41) is 0. The third kappa shape index (κ3) is 12.3. The molecule has 6 aliphatic carbocycles. The van der Waals surface area contributed by atoms with E-state index in [9.17, 15) is 0 Å². The van der Waals surface area contributed by atoms with Crippen molar-refractivity contribution in [3.05, 3.63) is 249 Å². The summed E-state index contributed by atoms with van der Waals surface area (Å²) in [5.41, 5.74) is 42.7. The lowest BCUT2D eigenvalue weighted by molar-refractivity contribution is 0.363. The van der Waals surface area contributed by atoms with Crippen LogP contribution in [-0.2, 0) is 27.1 Å². The molecule has 10 aromatic rings. The van der Waals surface area contributed by atoms with Crippen LogP contribution in [0.5, 0.6) is 0 Å². The van der Waals surface area contributed by atoms with Gasteiger partial charge in [0.25, 0.3) is 0 Å². The van der Waals surface area contributed by atoms with Gasteiger partial charge in [-0.2, -0.15) is 0 Å². The first-order valence-electron chi connectivity index (χ1n) is 42.2. The van der Waals surface area contributed by atoms with E-state index in [2.05, 4.69) is 300 Å². The van der Waals surface area contributed by atoms with E-state index in [4.69, 9.17) is 0 Å². The highest BCUT2D eigenvalue weighted by Crippen LogP contribution is 2.62. The van der Waals surface area contributed by atoms with Gasteiger partial charge < -0.3 is 0 Å². The van der Waals surface area contributed by atoms with Crippen LogP contribution in [0, 0.1) is 42.4 Å².